The van der Waals surface area contributed by atoms with E-state index in [1.54, 1.807) is 12.1 Å². The lowest BCUT2D eigenvalue weighted by Crippen LogP contribution is -2.24. The lowest BCUT2D eigenvalue weighted by Gasteiger charge is -2.11. The van der Waals surface area contributed by atoms with Gasteiger partial charge in [0.05, 0.1) is 0 Å². The predicted octanol–water partition coefficient (Wildman–Crippen LogP) is 4.25. The molecule has 1 aromatic carbocycles. The Bertz CT molecular complexity index is 465. The molecule has 1 saturated carbocycles. The minimum Gasteiger partial charge on any atom is -0.459 e. The summed E-state index contributed by atoms with van der Waals surface area (Å²) in [5.41, 5.74) is 0.762. The van der Waals surface area contributed by atoms with Gasteiger partial charge < -0.3 is 4.74 Å². The molecular formula is C11H8Br2Cl2O2. The Morgan fingerprint density at radius 2 is 2.00 bits per heavy atom. The quantitative estimate of drug-likeness (QED) is 0.558. The van der Waals surface area contributed by atoms with Gasteiger partial charge in [-0.25, -0.2) is 0 Å². The molecule has 2 rings (SSSR count). The van der Waals surface area contributed by atoms with Crippen LogP contribution < -0.4 is 0 Å². The van der Waals surface area contributed by atoms with Crippen LogP contribution in [0.4, 0.5) is 0 Å². The summed E-state index contributed by atoms with van der Waals surface area (Å²) >= 11 is 18.7. The zero-order valence-electron chi connectivity index (χ0n) is 8.55. The van der Waals surface area contributed by atoms with Crippen molar-refractivity contribution in [1.29, 1.82) is 0 Å². The average molecular weight is 403 g/mol. The fourth-order valence-electron chi connectivity index (χ4n) is 1.36. The molecular weight excluding hydrogens is 395 g/mol. The van der Waals surface area contributed by atoms with Crippen molar-refractivity contribution in [3.05, 3.63) is 34.9 Å². The number of benzene rings is 1. The Morgan fingerprint density at radius 1 is 1.41 bits per heavy atom. The van der Waals surface area contributed by atoms with Gasteiger partial charge in [-0.3, -0.25) is 4.79 Å². The lowest BCUT2D eigenvalue weighted by molar-refractivity contribution is -0.145. The van der Waals surface area contributed by atoms with E-state index < -0.39 is 14.1 Å². The summed E-state index contributed by atoms with van der Waals surface area (Å²) in [5, 5.41) is 0.573. The van der Waals surface area contributed by atoms with Crippen molar-refractivity contribution < 1.29 is 9.53 Å². The van der Waals surface area contributed by atoms with Crippen LogP contribution in [0.1, 0.15) is 12.0 Å². The predicted molar refractivity (Wildman–Crippen MR) is 75.0 cm³/mol. The molecule has 0 heterocycles. The Morgan fingerprint density at radius 3 is 2.53 bits per heavy atom. The van der Waals surface area contributed by atoms with Gasteiger partial charge in [-0.05, 0) is 6.07 Å². The van der Waals surface area contributed by atoms with Gasteiger partial charge in [0.15, 0.2) is 4.87 Å². The third kappa shape index (κ3) is 2.65. The normalized spacial score (nSPS) is 25.4. The first-order valence-electron chi connectivity index (χ1n) is 4.84. The standard InChI is InChI=1S/C11H8Br2Cl2O2/c12-11(13)6-10(11,15)9(16)17-5-7-3-1-2-4-8(7)14/h1-4H,5-6H2. The Hall–Kier alpha value is 0.230. The number of carbonyl (C=O) groups excluding carboxylic acids is 1. The number of halogens is 4. The largest absolute Gasteiger partial charge is 0.459 e. The van der Waals surface area contributed by atoms with Crippen LogP contribution in [0.3, 0.4) is 0 Å². The number of hydrogen-bond acceptors (Lipinski definition) is 2. The zero-order valence-corrected chi connectivity index (χ0v) is 13.2. The number of ether oxygens (including phenoxy) is 1. The van der Waals surface area contributed by atoms with Gasteiger partial charge in [0, 0.05) is 17.0 Å². The second-order valence-corrected chi connectivity index (χ2v) is 8.67. The second-order valence-electron chi connectivity index (χ2n) is 3.85. The van der Waals surface area contributed by atoms with Crippen LogP contribution in [-0.4, -0.2) is 14.1 Å². The van der Waals surface area contributed by atoms with E-state index in [-0.39, 0.29) is 6.61 Å². The first-order valence-corrected chi connectivity index (χ1v) is 7.18. The number of hydrogen-bond donors (Lipinski definition) is 0. The minimum absolute atomic E-state index is 0.128. The summed E-state index contributed by atoms with van der Waals surface area (Å²) in [5.74, 6) is -0.451. The SMILES string of the molecule is O=C(OCc1ccccc1Cl)C1(Cl)CC1(Br)Br. The van der Waals surface area contributed by atoms with E-state index in [0.717, 1.165) is 5.56 Å². The monoisotopic (exact) mass is 400 g/mol. The van der Waals surface area contributed by atoms with Crippen LogP contribution in [0.5, 0.6) is 0 Å². The highest BCUT2D eigenvalue weighted by atomic mass is 79.9. The third-order valence-electron chi connectivity index (χ3n) is 2.56. The highest BCUT2D eigenvalue weighted by molar-refractivity contribution is 9.25. The summed E-state index contributed by atoms with van der Waals surface area (Å²) in [6.07, 6.45) is 0.489. The van der Waals surface area contributed by atoms with E-state index in [0.29, 0.717) is 11.4 Å². The van der Waals surface area contributed by atoms with Crippen molar-refractivity contribution in [1.82, 2.24) is 0 Å². The van der Waals surface area contributed by atoms with Gasteiger partial charge >= 0.3 is 5.97 Å². The van der Waals surface area contributed by atoms with Gasteiger partial charge in [-0.2, -0.15) is 0 Å². The molecule has 0 amide bonds. The summed E-state index contributed by atoms with van der Waals surface area (Å²) in [4.78, 5) is 10.8. The van der Waals surface area contributed by atoms with Crippen molar-refractivity contribution in [2.45, 2.75) is 21.1 Å². The van der Waals surface area contributed by atoms with Crippen molar-refractivity contribution in [3.63, 3.8) is 0 Å². The molecule has 0 bridgehead atoms. The molecule has 0 N–H and O–H groups in total. The molecule has 1 unspecified atom stereocenters. The topological polar surface area (TPSA) is 26.3 Å². The molecule has 0 radical (unpaired) electrons. The summed E-state index contributed by atoms with van der Waals surface area (Å²) in [6, 6.07) is 7.21. The molecule has 1 aliphatic carbocycles. The molecule has 17 heavy (non-hydrogen) atoms. The molecule has 0 saturated heterocycles. The van der Waals surface area contributed by atoms with E-state index in [1.807, 2.05) is 12.1 Å². The maximum atomic E-state index is 11.8. The Balaban J connectivity index is 1.97. The fraction of sp³-hybridized carbons (Fsp3) is 0.364. The van der Waals surface area contributed by atoms with Crippen molar-refractivity contribution in [2.75, 3.05) is 0 Å². The number of carbonyl (C=O) groups is 1. The van der Waals surface area contributed by atoms with Gasteiger partial charge in [0.1, 0.15) is 9.84 Å². The maximum absolute atomic E-state index is 11.8. The second kappa shape index (κ2) is 4.72. The van der Waals surface area contributed by atoms with E-state index in [4.69, 9.17) is 27.9 Å². The molecule has 6 heteroatoms. The molecule has 92 valence electrons. The summed E-state index contributed by atoms with van der Waals surface area (Å²) in [7, 11) is 0. The average Bonchev–Trinajstić information content (AvgIpc) is 2.78. The van der Waals surface area contributed by atoms with Crippen molar-refractivity contribution >= 4 is 61.0 Å². The van der Waals surface area contributed by atoms with Crippen molar-refractivity contribution in [2.24, 2.45) is 0 Å². The van der Waals surface area contributed by atoms with E-state index in [1.165, 1.54) is 0 Å². The van der Waals surface area contributed by atoms with Crippen LogP contribution >= 0.6 is 55.1 Å². The van der Waals surface area contributed by atoms with Crippen LogP contribution in [0.2, 0.25) is 5.02 Å². The summed E-state index contributed by atoms with van der Waals surface area (Å²) in [6.45, 7) is 0.128. The van der Waals surface area contributed by atoms with Gasteiger partial charge in [-0.1, -0.05) is 61.7 Å². The van der Waals surface area contributed by atoms with Crippen LogP contribution in [0, 0.1) is 0 Å². The Kier molecular flexibility index (Phi) is 3.79. The highest BCUT2D eigenvalue weighted by Gasteiger charge is 2.70. The van der Waals surface area contributed by atoms with Crippen LogP contribution in [0.15, 0.2) is 24.3 Å². The van der Waals surface area contributed by atoms with Gasteiger partial charge in [0.25, 0.3) is 0 Å². The molecule has 0 spiro atoms. The highest BCUT2D eigenvalue weighted by Crippen LogP contribution is 2.64. The van der Waals surface area contributed by atoms with E-state index >= 15 is 0 Å². The number of alkyl halides is 3. The smallest absolute Gasteiger partial charge is 0.329 e. The van der Waals surface area contributed by atoms with Crippen LogP contribution in [0.25, 0.3) is 0 Å². The van der Waals surface area contributed by atoms with Crippen LogP contribution in [-0.2, 0) is 16.1 Å². The molecule has 0 aromatic heterocycles. The molecule has 0 aliphatic heterocycles. The first-order chi connectivity index (χ1) is 7.87. The van der Waals surface area contributed by atoms with Gasteiger partial charge in [0.2, 0.25) is 0 Å². The molecule has 1 fully saturated rings. The molecule has 1 aromatic rings. The molecule has 1 atom stereocenters. The molecule has 1 aliphatic rings. The lowest BCUT2D eigenvalue weighted by atomic mass is 10.2. The number of rotatable bonds is 3. The van der Waals surface area contributed by atoms with E-state index in [2.05, 4.69) is 31.9 Å². The van der Waals surface area contributed by atoms with E-state index in [9.17, 15) is 4.79 Å². The first kappa shape index (κ1) is 13.7. The molecule has 2 nitrogen and oxygen atoms in total. The Labute approximate surface area is 126 Å². The number of esters is 1. The summed E-state index contributed by atoms with van der Waals surface area (Å²) < 4.78 is 4.61. The fourth-order valence-corrected chi connectivity index (χ4v) is 3.29. The third-order valence-corrected chi connectivity index (χ3v) is 5.91. The maximum Gasteiger partial charge on any atom is 0.329 e. The minimum atomic E-state index is -1.02. The zero-order chi connectivity index (χ0) is 12.7. The van der Waals surface area contributed by atoms with Gasteiger partial charge in [-0.15, -0.1) is 11.6 Å². The van der Waals surface area contributed by atoms with Crippen molar-refractivity contribution in [3.8, 4) is 0 Å².